The van der Waals surface area contributed by atoms with Gasteiger partial charge in [-0.1, -0.05) is 18.2 Å². The van der Waals surface area contributed by atoms with Crippen molar-refractivity contribution in [2.75, 3.05) is 26.2 Å². The molecule has 1 saturated heterocycles. The maximum atomic E-state index is 12.6. The van der Waals surface area contributed by atoms with Gasteiger partial charge < -0.3 is 10.6 Å². The molecule has 24 heavy (non-hydrogen) atoms. The molecular weight excluding hydrogens is 346 g/mol. The van der Waals surface area contributed by atoms with E-state index in [0.29, 0.717) is 42.5 Å². The molecule has 2 aromatic rings. The second-order valence-corrected chi connectivity index (χ2v) is 8.76. The van der Waals surface area contributed by atoms with E-state index in [1.54, 1.807) is 36.4 Å². The largest absolute Gasteiger partial charge is 0.347 e. The minimum atomic E-state index is -3.43. The molecule has 0 aliphatic carbocycles. The number of hydrogen-bond donors (Lipinski definition) is 2. The van der Waals surface area contributed by atoms with Crippen molar-refractivity contribution in [2.24, 2.45) is 0 Å². The Morgan fingerprint density at radius 3 is 2.54 bits per heavy atom. The van der Waals surface area contributed by atoms with Crippen molar-refractivity contribution in [3.8, 4) is 0 Å². The van der Waals surface area contributed by atoms with Crippen molar-refractivity contribution in [3.05, 3.63) is 52.9 Å². The lowest BCUT2D eigenvalue weighted by atomic mass is 10.2. The number of carbonyl (C=O) groups excluding carboxylic acids is 1. The molecule has 1 aliphatic rings. The monoisotopic (exact) mass is 365 g/mol. The Kier molecular flexibility index (Phi) is 5.30. The van der Waals surface area contributed by atoms with E-state index in [9.17, 15) is 13.2 Å². The number of carbonyl (C=O) groups is 1. The molecule has 0 saturated carbocycles. The molecule has 8 heteroatoms. The number of hydrogen-bond acceptors (Lipinski definition) is 5. The highest BCUT2D eigenvalue weighted by molar-refractivity contribution is 7.91. The molecule has 0 spiro atoms. The summed E-state index contributed by atoms with van der Waals surface area (Å²) in [6, 6.07) is 12.3. The van der Waals surface area contributed by atoms with Crippen molar-refractivity contribution in [1.82, 2.24) is 14.9 Å². The lowest BCUT2D eigenvalue weighted by Gasteiger charge is -2.25. The van der Waals surface area contributed by atoms with Crippen molar-refractivity contribution < 1.29 is 13.2 Å². The second kappa shape index (κ2) is 7.43. The molecule has 0 unspecified atom stereocenters. The van der Waals surface area contributed by atoms with E-state index in [1.165, 1.54) is 15.6 Å². The summed E-state index contributed by atoms with van der Waals surface area (Å²) in [5, 5.41) is 5.95. The number of nitrogens with zero attached hydrogens (tertiary/aromatic N) is 1. The van der Waals surface area contributed by atoms with Crippen LogP contribution in [-0.4, -0.2) is 44.8 Å². The van der Waals surface area contributed by atoms with Gasteiger partial charge in [0, 0.05) is 36.6 Å². The maximum absolute atomic E-state index is 12.6. The standard InChI is InChI=1S/C16H19N3O3S2/c20-16(13-4-2-1-3-5-13)18-12-14-6-7-15(23-14)24(21,22)19-10-8-17-9-11-19/h1-7,17H,8-12H2,(H,18,20). The summed E-state index contributed by atoms with van der Waals surface area (Å²) in [6.45, 7) is 2.63. The van der Waals surface area contributed by atoms with Gasteiger partial charge in [0.2, 0.25) is 0 Å². The molecule has 128 valence electrons. The lowest BCUT2D eigenvalue weighted by Crippen LogP contribution is -2.46. The van der Waals surface area contributed by atoms with Crippen LogP contribution in [0.5, 0.6) is 0 Å². The Bertz CT molecular complexity index is 797. The van der Waals surface area contributed by atoms with Crippen molar-refractivity contribution in [3.63, 3.8) is 0 Å². The zero-order valence-corrected chi connectivity index (χ0v) is 14.7. The number of sulfonamides is 1. The highest BCUT2D eigenvalue weighted by Gasteiger charge is 2.27. The molecule has 1 aliphatic heterocycles. The van der Waals surface area contributed by atoms with Crippen LogP contribution in [-0.2, 0) is 16.6 Å². The molecule has 6 nitrogen and oxygen atoms in total. The van der Waals surface area contributed by atoms with Crippen LogP contribution >= 0.6 is 11.3 Å². The van der Waals surface area contributed by atoms with Crippen LogP contribution in [0.3, 0.4) is 0 Å². The molecule has 1 fully saturated rings. The molecule has 2 N–H and O–H groups in total. The average Bonchev–Trinajstić information content (AvgIpc) is 3.11. The molecule has 0 bridgehead atoms. The Hall–Kier alpha value is -1.74. The first-order chi connectivity index (χ1) is 11.6. The van der Waals surface area contributed by atoms with Crippen molar-refractivity contribution in [1.29, 1.82) is 0 Å². The normalized spacial score (nSPS) is 16.0. The first-order valence-electron chi connectivity index (χ1n) is 7.70. The number of thiophene rings is 1. The minimum Gasteiger partial charge on any atom is -0.347 e. The van der Waals surface area contributed by atoms with Gasteiger partial charge in [0.25, 0.3) is 15.9 Å². The molecular formula is C16H19N3O3S2. The van der Waals surface area contributed by atoms with Gasteiger partial charge in [0.05, 0.1) is 6.54 Å². The lowest BCUT2D eigenvalue weighted by molar-refractivity contribution is 0.0951. The molecule has 1 aromatic carbocycles. The third-order valence-electron chi connectivity index (χ3n) is 3.77. The van der Waals surface area contributed by atoms with Gasteiger partial charge in [0.1, 0.15) is 4.21 Å². The fraction of sp³-hybridized carbons (Fsp3) is 0.312. The van der Waals surface area contributed by atoms with E-state index in [-0.39, 0.29) is 5.91 Å². The third-order valence-corrected chi connectivity index (χ3v) is 7.22. The van der Waals surface area contributed by atoms with Gasteiger partial charge in [-0.15, -0.1) is 11.3 Å². The first kappa shape index (κ1) is 17.1. The topological polar surface area (TPSA) is 78.5 Å². The molecule has 1 aromatic heterocycles. The summed E-state index contributed by atoms with van der Waals surface area (Å²) >= 11 is 1.21. The Morgan fingerprint density at radius 2 is 1.83 bits per heavy atom. The Labute approximate surface area is 145 Å². The summed E-state index contributed by atoms with van der Waals surface area (Å²) in [7, 11) is -3.43. The van der Waals surface area contributed by atoms with E-state index in [2.05, 4.69) is 10.6 Å². The summed E-state index contributed by atoms with van der Waals surface area (Å²) in [5.74, 6) is -0.171. The highest BCUT2D eigenvalue weighted by atomic mass is 32.2. The number of nitrogens with one attached hydrogen (secondary N) is 2. The van der Waals surface area contributed by atoms with E-state index in [1.807, 2.05) is 6.07 Å². The van der Waals surface area contributed by atoms with Crippen LogP contribution in [0.25, 0.3) is 0 Å². The van der Waals surface area contributed by atoms with Gasteiger partial charge in [-0.2, -0.15) is 4.31 Å². The SMILES string of the molecule is O=C(NCc1ccc(S(=O)(=O)N2CCNCC2)s1)c1ccccc1. The number of amides is 1. The second-order valence-electron chi connectivity index (χ2n) is 5.42. The van der Waals surface area contributed by atoms with Crippen LogP contribution in [0.2, 0.25) is 0 Å². The van der Waals surface area contributed by atoms with Gasteiger partial charge in [-0.05, 0) is 24.3 Å². The van der Waals surface area contributed by atoms with Crippen molar-refractivity contribution in [2.45, 2.75) is 10.8 Å². The van der Waals surface area contributed by atoms with Gasteiger partial charge in [0.15, 0.2) is 0 Å². The summed E-state index contributed by atoms with van der Waals surface area (Å²) in [5.41, 5.74) is 0.586. The summed E-state index contributed by atoms with van der Waals surface area (Å²) < 4.78 is 27.0. The van der Waals surface area contributed by atoms with Crippen LogP contribution in [0, 0.1) is 0 Å². The quantitative estimate of drug-likeness (QED) is 0.836. The van der Waals surface area contributed by atoms with Crippen LogP contribution in [0.1, 0.15) is 15.2 Å². The molecule has 1 amide bonds. The Morgan fingerprint density at radius 1 is 1.12 bits per heavy atom. The van der Waals surface area contributed by atoms with Crippen molar-refractivity contribution >= 4 is 27.3 Å². The number of rotatable bonds is 5. The minimum absolute atomic E-state index is 0.171. The summed E-state index contributed by atoms with van der Waals surface area (Å²) in [6.07, 6.45) is 0. The van der Waals surface area contributed by atoms with E-state index < -0.39 is 10.0 Å². The molecule has 3 rings (SSSR count). The van der Waals surface area contributed by atoms with E-state index in [0.717, 1.165) is 4.88 Å². The predicted molar refractivity (Wildman–Crippen MR) is 93.6 cm³/mol. The zero-order valence-electron chi connectivity index (χ0n) is 13.1. The maximum Gasteiger partial charge on any atom is 0.252 e. The van der Waals surface area contributed by atoms with E-state index in [4.69, 9.17) is 0 Å². The first-order valence-corrected chi connectivity index (χ1v) is 9.96. The van der Waals surface area contributed by atoms with E-state index >= 15 is 0 Å². The number of benzene rings is 1. The van der Waals surface area contributed by atoms with Gasteiger partial charge >= 0.3 is 0 Å². The predicted octanol–water partition coefficient (Wildman–Crippen LogP) is 1.27. The number of piperazine rings is 1. The highest BCUT2D eigenvalue weighted by Crippen LogP contribution is 2.25. The Balaban J connectivity index is 1.64. The van der Waals surface area contributed by atoms with Gasteiger partial charge in [-0.3, -0.25) is 4.79 Å². The molecule has 0 radical (unpaired) electrons. The molecule has 0 atom stereocenters. The fourth-order valence-corrected chi connectivity index (χ4v) is 5.35. The van der Waals surface area contributed by atoms with Crippen LogP contribution in [0.15, 0.2) is 46.7 Å². The van der Waals surface area contributed by atoms with Crippen LogP contribution < -0.4 is 10.6 Å². The zero-order chi connectivity index (χ0) is 17.0. The summed E-state index contributed by atoms with van der Waals surface area (Å²) in [4.78, 5) is 12.8. The van der Waals surface area contributed by atoms with Gasteiger partial charge in [-0.25, -0.2) is 8.42 Å². The van der Waals surface area contributed by atoms with Crippen LogP contribution in [0.4, 0.5) is 0 Å². The third kappa shape index (κ3) is 3.84. The average molecular weight is 365 g/mol. The smallest absolute Gasteiger partial charge is 0.252 e. The molecule has 2 heterocycles. The fourth-order valence-electron chi connectivity index (χ4n) is 2.46.